The molecule has 31 heavy (non-hydrogen) atoms. The second-order valence-corrected chi connectivity index (χ2v) is 8.78. The standard InChI is InChI=1S/C20H33N4O6.Al/c1-12(2)11-21-19(28)15-7-6-10-24(15)20(29)14(4)23-18(27)13(3)22-16(25)8-9-17(26)30-5;/h11-15H,6-10H2,1-5H3,(H,21,28)(H,22,25)(H,23,27);/t13-,14-,15-;/m0./s1. The van der Waals surface area contributed by atoms with Gasteiger partial charge in [0.2, 0.25) is 23.6 Å². The molecule has 1 fully saturated rings. The number of esters is 1. The molecular formula is C20H33AlN4O6. The summed E-state index contributed by atoms with van der Waals surface area (Å²) in [4.78, 5) is 62.2. The molecular weight excluding hydrogens is 419 g/mol. The van der Waals surface area contributed by atoms with Crippen LogP contribution in [0, 0.1) is 5.92 Å². The predicted molar refractivity (Wildman–Crippen MR) is 114 cm³/mol. The first kappa shape index (κ1) is 26.9. The molecule has 0 aliphatic carbocycles. The topological polar surface area (TPSA) is 134 Å². The van der Waals surface area contributed by atoms with E-state index in [1.54, 1.807) is 6.92 Å². The molecule has 1 aliphatic rings. The Bertz CT molecular complexity index is 687. The van der Waals surface area contributed by atoms with Gasteiger partial charge in [-0.15, -0.1) is 0 Å². The number of hydrogen-bond donors (Lipinski definition) is 3. The molecule has 1 saturated heterocycles. The summed E-state index contributed by atoms with van der Waals surface area (Å²) in [6.07, 6.45) is 1.09. The van der Waals surface area contributed by atoms with Crippen LogP contribution in [0.4, 0.5) is 0 Å². The molecule has 11 heteroatoms. The van der Waals surface area contributed by atoms with Crippen molar-refractivity contribution in [1.82, 2.24) is 20.9 Å². The van der Waals surface area contributed by atoms with Crippen molar-refractivity contribution >= 4 is 45.9 Å². The predicted octanol–water partition coefficient (Wildman–Crippen LogP) is -0.793. The van der Waals surface area contributed by atoms with Crippen molar-refractivity contribution < 1.29 is 28.7 Å². The van der Waals surface area contributed by atoms with Gasteiger partial charge in [0, 0.05) is 13.0 Å². The number of nitrogens with zero attached hydrogens (tertiary/aromatic N) is 1. The third-order valence-electron chi connectivity index (χ3n) is 5.15. The van der Waals surface area contributed by atoms with Crippen LogP contribution in [-0.4, -0.2) is 87.5 Å². The van der Waals surface area contributed by atoms with Crippen molar-refractivity contribution in [2.75, 3.05) is 13.7 Å². The average Bonchev–Trinajstić information content (AvgIpc) is 3.20. The zero-order valence-corrected chi connectivity index (χ0v) is 20.1. The monoisotopic (exact) mass is 452 g/mol. The lowest BCUT2D eigenvalue weighted by atomic mass is 10.1. The Morgan fingerprint density at radius 3 is 2.23 bits per heavy atom. The summed E-state index contributed by atoms with van der Waals surface area (Å²) in [5.74, 6) is -1.83. The number of carbonyl (C=O) groups is 5. The Kier molecular flexibility index (Phi) is 11.0. The molecule has 172 valence electrons. The minimum atomic E-state index is -0.887. The normalized spacial score (nSPS) is 18.6. The number of methoxy groups -OCH3 is 1. The van der Waals surface area contributed by atoms with Gasteiger partial charge < -0.3 is 25.6 Å². The van der Waals surface area contributed by atoms with Crippen LogP contribution in [0.1, 0.15) is 53.4 Å². The fourth-order valence-corrected chi connectivity index (χ4v) is 3.24. The minimum Gasteiger partial charge on any atom is -0.469 e. The SMILES string of the molecule is COC(=O)CCC(=O)N[C@@H](C)C(=O)N[C@@H](C)C(=O)N1CCC[C@H]1C(=O)N[C@H]([Al])C(C)C. The Hall–Kier alpha value is -2.12. The van der Waals surface area contributed by atoms with E-state index in [-0.39, 0.29) is 35.5 Å². The van der Waals surface area contributed by atoms with Crippen LogP contribution in [-0.2, 0) is 28.7 Å². The molecule has 2 radical (unpaired) electrons. The van der Waals surface area contributed by atoms with E-state index in [1.807, 2.05) is 13.8 Å². The van der Waals surface area contributed by atoms with E-state index in [0.29, 0.717) is 19.4 Å². The Labute approximate surface area is 191 Å². The number of amides is 4. The molecule has 0 unspecified atom stereocenters. The summed E-state index contributed by atoms with van der Waals surface area (Å²) in [7, 11) is 1.23. The Balaban J connectivity index is 2.59. The maximum absolute atomic E-state index is 12.9. The third kappa shape index (κ3) is 8.50. The van der Waals surface area contributed by atoms with Gasteiger partial charge >= 0.3 is 5.97 Å². The van der Waals surface area contributed by atoms with Gasteiger partial charge in [0.25, 0.3) is 0 Å². The number of ether oxygens (including phenoxy) is 1. The van der Waals surface area contributed by atoms with Crippen LogP contribution in [0.25, 0.3) is 0 Å². The first-order valence-electron chi connectivity index (χ1n) is 10.5. The highest BCUT2D eigenvalue weighted by atomic mass is 27.0. The lowest BCUT2D eigenvalue weighted by molar-refractivity contribution is -0.142. The number of hydrogen-bond acceptors (Lipinski definition) is 6. The van der Waals surface area contributed by atoms with Crippen LogP contribution in [0.15, 0.2) is 0 Å². The first-order chi connectivity index (χ1) is 14.5. The molecule has 0 spiro atoms. The molecule has 0 aromatic carbocycles. The maximum atomic E-state index is 12.9. The fraction of sp³-hybridized carbons (Fsp3) is 0.750. The molecule has 0 bridgehead atoms. The van der Waals surface area contributed by atoms with Gasteiger partial charge in [-0.2, -0.15) is 0 Å². The number of carbonyl (C=O) groups excluding carboxylic acids is 5. The van der Waals surface area contributed by atoms with Crippen molar-refractivity contribution in [3.05, 3.63) is 0 Å². The van der Waals surface area contributed by atoms with E-state index in [9.17, 15) is 24.0 Å². The van der Waals surface area contributed by atoms with Crippen molar-refractivity contribution in [3.63, 3.8) is 0 Å². The summed E-state index contributed by atoms with van der Waals surface area (Å²) >= 11 is 2.59. The van der Waals surface area contributed by atoms with Crippen LogP contribution in [0.3, 0.4) is 0 Å². The molecule has 0 aromatic rings. The molecule has 1 rings (SSSR count). The van der Waals surface area contributed by atoms with Gasteiger partial charge in [0.05, 0.1) is 13.5 Å². The molecule has 4 amide bonds. The molecule has 1 aliphatic heterocycles. The van der Waals surface area contributed by atoms with E-state index in [1.165, 1.54) is 18.9 Å². The molecule has 0 saturated carbocycles. The van der Waals surface area contributed by atoms with Crippen LogP contribution in [0.5, 0.6) is 0 Å². The van der Waals surface area contributed by atoms with E-state index in [2.05, 4.69) is 37.0 Å². The molecule has 1 heterocycles. The van der Waals surface area contributed by atoms with Crippen LogP contribution < -0.4 is 16.0 Å². The first-order valence-corrected chi connectivity index (χ1v) is 11.2. The average molecular weight is 452 g/mol. The highest BCUT2D eigenvalue weighted by molar-refractivity contribution is 6.13. The van der Waals surface area contributed by atoms with Gasteiger partial charge in [-0.05, 0) is 37.5 Å². The van der Waals surface area contributed by atoms with Crippen molar-refractivity contribution in [2.45, 2.75) is 76.4 Å². The second kappa shape index (κ2) is 12.7. The zero-order chi connectivity index (χ0) is 23.7. The summed E-state index contributed by atoms with van der Waals surface area (Å²) in [5, 5.41) is 7.98. The fourth-order valence-electron chi connectivity index (χ4n) is 3.08. The lowest BCUT2D eigenvalue weighted by Crippen LogP contribution is -2.56. The largest absolute Gasteiger partial charge is 0.469 e. The highest BCUT2D eigenvalue weighted by Gasteiger charge is 2.37. The molecule has 4 atom stereocenters. The van der Waals surface area contributed by atoms with E-state index < -0.39 is 35.9 Å². The number of rotatable bonds is 10. The molecule has 10 nitrogen and oxygen atoms in total. The summed E-state index contributed by atoms with van der Waals surface area (Å²) < 4.78 is 4.47. The smallest absolute Gasteiger partial charge is 0.306 e. The number of likely N-dealkylation sites (tertiary alicyclic amines) is 1. The third-order valence-corrected chi connectivity index (χ3v) is 6.09. The van der Waals surface area contributed by atoms with E-state index >= 15 is 0 Å². The van der Waals surface area contributed by atoms with Gasteiger partial charge in [0.15, 0.2) is 16.3 Å². The zero-order valence-electron chi connectivity index (χ0n) is 18.9. The lowest BCUT2D eigenvalue weighted by Gasteiger charge is -2.29. The van der Waals surface area contributed by atoms with Crippen LogP contribution >= 0.6 is 0 Å². The minimum absolute atomic E-state index is 0.0854. The number of nitrogens with one attached hydrogen (secondary N) is 3. The Morgan fingerprint density at radius 1 is 1.00 bits per heavy atom. The summed E-state index contributed by atoms with van der Waals surface area (Å²) in [5.41, 5.74) is 0. The van der Waals surface area contributed by atoms with Crippen molar-refractivity contribution in [2.24, 2.45) is 5.92 Å². The molecule has 0 aromatic heterocycles. The van der Waals surface area contributed by atoms with Gasteiger partial charge in [-0.3, -0.25) is 24.0 Å². The quantitative estimate of drug-likeness (QED) is 0.294. The second-order valence-electron chi connectivity index (χ2n) is 8.06. The van der Waals surface area contributed by atoms with Gasteiger partial charge in [-0.1, -0.05) is 13.8 Å². The molecule has 3 N–H and O–H groups in total. The van der Waals surface area contributed by atoms with E-state index in [4.69, 9.17) is 0 Å². The van der Waals surface area contributed by atoms with Gasteiger partial charge in [-0.25, -0.2) is 0 Å². The van der Waals surface area contributed by atoms with Crippen molar-refractivity contribution in [3.8, 4) is 0 Å². The van der Waals surface area contributed by atoms with Crippen LogP contribution in [0.2, 0.25) is 0 Å². The van der Waals surface area contributed by atoms with Crippen molar-refractivity contribution in [1.29, 1.82) is 0 Å². The Morgan fingerprint density at radius 2 is 1.65 bits per heavy atom. The maximum Gasteiger partial charge on any atom is 0.306 e. The van der Waals surface area contributed by atoms with Gasteiger partial charge in [0.1, 0.15) is 18.1 Å². The van der Waals surface area contributed by atoms with E-state index in [0.717, 1.165) is 0 Å². The summed E-state index contributed by atoms with van der Waals surface area (Å²) in [6.45, 7) is 7.46. The highest BCUT2D eigenvalue weighted by Crippen LogP contribution is 2.19. The summed E-state index contributed by atoms with van der Waals surface area (Å²) in [6, 6.07) is -2.31.